The lowest BCUT2D eigenvalue weighted by atomic mass is 10.0. The lowest BCUT2D eigenvalue weighted by molar-refractivity contribution is -0.274. The van der Waals surface area contributed by atoms with Gasteiger partial charge in [0.15, 0.2) is 0 Å². The number of ether oxygens (including phenoxy) is 1. The van der Waals surface area contributed by atoms with Crippen LogP contribution in [-0.4, -0.2) is 19.5 Å². The van der Waals surface area contributed by atoms with Gasteiger partial charge in [-0.3, -0.25) is 0 Å². The van der Waals surface area contributed by atoms with Crippen molar-refractivity contribution in [1.29, 1.82) is 0 Å². The summed E-state index contributed by atoms with van der Waals surface area (Å²) in [6.07, 6.45) is -0.777. The van der Waals surface area contributed by atoms with Gasteiger partial charge in [-0.15, -0.1) is 13.2 Å². The number of alkyl halides is 3. The van der Waals surface area contributed by atoms with Crippen molar-refractivity contribution in [2.45, 2.75) is 38.1 Å². The zero-order chi connectivity index (χ0) is 13.9. The third kappa shape index (κ3) is 4.42. The average molecular weight is 273 g/mol. The molecule has 0 spiro atoms. The van der Waals surface area contributed by atoms with Gasteiger partial charge >= 0.3 is 6.36 Å². The molecule has 0 bridgehead atoms. The Balaban J connectivity index is 1.98. The van der Waals surface area contributed by atoms with E-state index in [4.69, 9.17) is 0 Å². The highest BCUT2D eigenvalue weighted by Crippen LogP contribution is 2.35. The van der Waals surface area contributed by atoms with Gasteiger partial charge in [0.2, 0.25) is 0 Å². The molecular weight excluding hydrogens is 255 g/mol. The number of hydrogen-bond donors (Lipinski definition) is 1. The first-order valence-corrected chi connectivity index (χ1v) is 6.50. The van der Waals surface area contributed by atoms with Crippen molar-refractivity contribution in [2.24, 2.45) is 5.92 Å². The Bertz CT molecular complexity index is 415. The summed E-state index contributed by atoms with van der Waals surface area (Å²) in [6, 6.07) is 6.75. The Labute approximate surface area is 111 Å². The highest BCUT2D eigenvalue weighted by molar-refractivity contribution is 5.33. The minimum atomic E-state index is -4.63. The van der Waals surface area contributed by atoms with Crippen LogP contribution in [0.3, 0.4) is 0 Å². The second-order valence-electron chi connectivity index (χ2n) is 4.93. The fourth-order valence-electron chi connectivity index (χ4n) is 2.36. The Kier molecular flexibility index (Phi) is 4.34. The van der Waals surface area contributed by atoms with Crippen LogP contribution in [0.5, 0.6) is 5.75 Å². The van der Waals surface area contributed by atoms with Gasteiger partial charge in [0.1, 0.15) is 5.75 Å². The van der Waals surface area contributed by atoms with Crippen LogP contribution in [0.25, 0.3) is 0 Å². The van der Waals surface area contributed by atoms with Crippen LogP contribution in [0.1, 0.15) is 24.8 Å². The Hall–Kier alpha value is -1.23. The number of halogens is 3. The summed E-state index contributed by atoms with van der Waals surface area (Å²) in [5.41, 5.74) is 0.612. The number of aryl methyl sites for hydroxylation is 1. The second kappa shape index (κ2) is 5.82. The van der Waals surface area contributed by atoms with E-state index in [9.17, 15) is 13.2 Å². The van der Waals surface area contributed by atoms with Crippen LogP contribution in [0.2, 0.25) is 0 Å². The molecule has 5 heteroatoms. The Morgan fingerprint density at radius 1 is 1.32 bits per heavy atom. The zero-order valence-electron chi connectivity index (χ0n) is 10.8. The van der Waals surface area contributed by atoms with Gasteiger partial charge in [0.25, 0.3) is 0 Å². The molecule has 0 heterocycles. The molecule has 106 valence electrons. The van der Waals surface area contributed by atoms with Crippen LogP contribution < -0.4 is 10.1 Å². The topological polar surface area (TPSA) is 21.3 Å². The van der Waals surface area contributed by atoms with Crippen molar-refractivity contribution in [1.82, 2.24) is 5.32 Å². The van der Waals surface area contributed by atoms with Gasteiger partial charge in [-0.1, -0.05) is 18.2 Å². The number of hydrogen-bond acceptors (Lipinski definition) is 2. The van der Waals surface area contributed by atoms with E-state index < -0.39 is 6.36 Å². The van der Waals surface area contributed by atoms with Crippen LogP contribution >= 0.6 is 0 Å². The van der Waals surface area contributed by atoms with E-state index in [-0.39, 0.29) is 5.75 Å². The molecule has 1 aliphatic carbocycles. The molecule has 1 N–H and O–H groups in total. The van der Waals surface area contributed by atoms with Gasteiger partial charge in [0, 0.05) is 6.04 Å². The maximum Gasteiger partial charge on any atom is 0.573 e. The predicted molar refractivity (Wildman–Crippen MR) is 67.0 cm³/mol. The standard InChI is InChI=1S/C14H18F3NO/c1-18-12(10-6-7-10)9-8-11-4-2-3-5-13(11)19-14(15,16)17/h2-5,10,12,18H,6-9H2,1H3. The van der Waals surface area contributed by atoms with E-state index in [1.54, 1.807) is 18.2 Å². The summed E-state index contributed by atoms with van der Waals surface area (Å²) in [6.45, 7) is 0. The molecule has 1 aliphatic rings. The number of para-hydroxylation sites is 1. The maximum atomic E-state index is 12.3. The third-order valence-electron chi connectivity index (χ3n) is 3.48. The molecule has 2 nitrogen and oxygen atoms in total. The first-order chi connectivity index (χ1) is 8.99. The molecular formula is C14H18F3NO. The highest BCUT2D eigenvalue weighted by Gasteiger charge is 2.33. The van der Waals surface area contributed by atoms with Gasteiger partial charge in [-0.2, -0.15) is 0 Å². The van der Waals surface area contributed by atoms with Crippen molar-refractivity contribution >= 4 is 0 Å². The van der Waals surface area contributed by atoms with E-state index >= 15 is 0 Å². The fourth-order valence-corrected chi connectivity index (χ4v) is 2.36. The summed E-state index contributed by atoms with van der Waals surface area (Å²) in [7, 11) is 1.90. The molecule has 0 saturated heterocycles. The first kappa shape index (κ1) is 14.2. The Morgan fingerprint density at radius 3 is 2.58 bits per heavy atom. The van der Waals surface area contributed by atoms with Crippen LogP contribution in [0.4, 0.5) is 13.2 Å². The lowest BCUT2D eigenvalue weighted by Crippen LogP contribution is -2.28. The number of rotatable bonds is 6. The summed E-state index contributed by atoms with van der Waals surface area (Å²) in [5, 5.41) is 3.24. The molecule has 0 aromatic heterocycles. The third-order valence-corrected chi connectivity index (χ3v) is 3.48. The molecule has 1 unspecified atom stereocenters. The van der Waals surface area contributed by atoms with Crippen molar-refractivity contribution in [3.63, 3.8) is 0 Å². The Morgan fingerprint density at radius 2 is 2.00 bits per heavy atom. The van der Waals surface area contributed by atoms with Gasteiger partial charge in [0.05, 0.1) is 0 Å². The van der Waals surface area contributed by atoms with Crippen molar-refractivity contribution in [3.8, 4) is 5.75 Å². The van der Waals surface area contributed by atoms with E-state index in [1.807, 2.05) is 7.05 Å². The molecule has 0 radical (unpaired) electrons. The van der Waals surface area contributed by atoms with Gasteiger partial charge < -0.3 is 10.1 Å². The van der Waals surface area contributed by atoms with E-state index in [1.165, 1.54) is 18.9 Å². The maximum absolute atomic E-state index is 12.3. The second-order valence-corrected chi connectivity index (χ2v) is 4.93. The lowest BCUT2D eigenvalue weighted by Gasteiger charge is -2.17. The largest absolute Gasteiger partial charge is 0.573 e. The van der Waals surface area contributed by atoms with Gasteiger partial charge in [-0.05, 0) is 50.3 Å². The smallest absolute Gasteiger partial charge is 0.406 e. The summed E-state index contributed by atoms with van der Waals surface area (Å²) >= 11 is 0. The molecule has 1 atom stereocenters. The van der Waals surface area contributed by atoms with Gasteiger partial charge in [-0.25, -0.2) is 0 Å². The van der Waals surface area contributed by atoms with E-state index in [0.717, 1.165) is 6.42 Å². The van der Waals surface area contributed by atoms with Crippen molar-refractivity contribution in [2.75, 3.05) is 7.05 Å². The highest BCUT2D eigenvalue weighted by atomic mass is 19.4. The average Bonchev–Trinajstić information content (AvgIpc) is 3.14. The molecule has 2 rings (SSSR count). The van der Waals surface area contributed by atoms with Crippen LogP contribution in [0.15, 0.2) is 24.3 Å². The minimum absolute atomic E-state index is 0.0827. The zero-order valence-corrected chi connectivity index (χ0v) is 10.8. The molecule has 1 aromatic carbocycles. The van der Waals surface area contributed by atoms with Crippen LogP contribution in [-0.2, 0) is 6.42 Å². The van der Waals surface area contributed by atoms with Crippen molar-refractivity contribution in [3.05, 3.63) is 29.8 Å². The number of nitrogens with one attached hydrogen (secondary N) is 1. The number of benzene rings is 1. The monoisotopic (exact) mass is 273 g/mol. The minimum Gasteiger partial charge on any atom is -0.406 e. The first-order valence-electron chi connectivity index (χ1n) is 6.50. The summed E-state index contributed by atoms with van der Waals surface area (Å²) in [4.78, 5) is 0. The quantitative estimate of drug-likeness (QED) is 0.856. The fraction of sp³-hybridized carbons (Fsp3) is 0.571. The predicted octanol–water partition coefficient (Wildman–Crippen LogP) is 3.52. The molecule has 1 saturated carbocycles. The van der Waals surface area contributed by atoms with E-state index in [2.05, 4.69) is 10.1 Å². The summed E-state index contributed by atoms with van der Waals surface area (Å²) < 4.78 is 40.9. The normalized spacial score (nSPS) is 17.3. The molecule has 1 aromatic rings. The summed E-state index contributed by atoms with van der Waals surface area (Å²) in [5.74, 6) is 0.598. The molecule has 1 fully saturated rings. The van der Waals surface area contributed by atoms with E-state index in [0.29, 0.717) is 23.9 Å². The molecule has 0 amide bonds. The molecule has 0 aliphatic heterocycles. The SMILES string of the molecule is CNC(CCc1ccccc1OC(F)(F)F)C1CC1. The van der Waals surface area contributed by atoms with Crippen LogP contribution in [0, 0.1) is 5.92 Å². The van der Waals surface area contributed by atoms with Crippen molar-refractivity contribution < 1.29 is 17.9 Å². The molecule has 19 heavy (non-hydrogen) atoms.